The summed E-state index contributed by atoms with van der Waals surface area (Å²) in [5.41, 5.74) is 0.766. The van der Waals surface area contributed by atoms with Gasteiger partial charge in [-0.2, -0.15) is 30.2 Å². The standard InChI is InChI=1S/C26H28F3N3O7S/c1-18-23(30-25(39-18)20-5-7-21(8-6-20)26(27,28)29)9-12-38-22-4-2-3-19(15-22)16-32(17-24(33)34)40(35,36)31-10-13-37-14-11-31/h2-8,15H,9-14,16-17H2,1H3,(H,33,34). The minimum atomic E-state index is -4.43. The van der Waals surface area contributed by atoms with E-state index < -0.39 is 34.5 Å². The number of morpholine rings is 1. The highest BCUT2D eigenvalue weighted by molar-refractivity contribution is 7.86. The minimum Gasteiger partial charge on any atom is -0.493 e. The fourth-order valence-electron chi connectivity index (χ4n) is 4.10. The van der Waals surface area contributed by atoms with Crippen LogP contribution in [-0.4, -0.2) is 72.5 Å². The first-order valence-corrected chi connectivity index (χ1v) is 13.7. The number of nitrogens with zero attached hydrogens (tertiary/aromatic N) is 3. The molecule has 1 saturated heterocycles. The molecule has 0 amide bonds. The molecule has 3 aromatic rings. The highest BCUT2D eigenvalue weighted by Crippen LogP contribution is 2.31. The fraction of sp³-hybridized carbons (Fsp3) is 0.385. The fourth-order valence-corrected chi connectivity index (χ4v) is 5.62. The van der Waals surface area contributed by atoms with E-state index in [1.165, 1.54) is 16.4 Å². The highest BCUT2D eigenvalue weighted by atomic mass is 32.2. The molecule has 1 aromatic heterocycles. The predicted octanol–water partition coefficient (Wildman–Crippen LogP) is 3.75. The number of halogens is 3. The third kappa shape index (κ3) is 7.38. The van der Waals surface area contributed by atoms with E-state index in [4.69, 9.17) is 13.9 Å². The Morgan fingerprint density at radius 1 is 1.15 bits per heavy atom. The predicted molar refractivity (Wildman–Crippen MR) is 137 cm³/mol. The molecule has 0 atom stereocenters. The number of carboxylic acid groups (broad SMARTS) is 1. The number of benzene rings is 2. The molecular weight excluding hydrogens is 555 g/mol. The number of hydrogen-bond acceptors (Lipinski definition) is 7. The van der Waals surface area contributed by atoms with Crippen molar-refractivity contribution < 1.29 is 45.4 Å². The van der Waals surface area contributed by atoms with Crippen LogP contribution in [0.2, 0.25) is 0 Å². The normalized spacial score (nSPS) is 14.9. The largest absolute Gasteiger partial charge is 0.493 e. The molecule has 1 aliphatic heterocycles. The van der Waals surface area contributed by atoms with Crippen LogP contribution in [0.25, 0.3) is 11.5 Å². The summed E-state index contributed by atoms with van der Waals surface area (Å²) in [4.78, 5) is 15.8. The maximum absolute atomic E-state index is 13.1. The number of carbonyl (C=O) groups is 1. The molecule has 0 unspecified atom stereocenters. The molecule has 4 rings (SSSR count). The van der Waals surface area contributed by atoms with Gasteiger partial charge in [0.05, 0.1) is 31.1 Å². The smallest absolute Gasteiger partial charge is 0.416 e. The topological polar surface area (TPSA) is 122 Å². The first-order chi connectivity index (χ1) is 18.9. The summed E-state index contributed by atoms with van der Waals surface area (Å²) in [5, 5.41) is 9.31. The second-order valence-electron chi connectivity index (χ2n) is 9.02. The molecule has 14 heteroatoms. The van der Waals surface area contributed by atoms with Gasteiger partial charge in [-0.05, 0) is 48.9 Å². The van der Waals surface area contributed by atoms with Crippen LogP contribution in [0, 0.1) is 6.92 Å². The van der Waals surface area contributed by atoms with E-state index in [0.29, 0.717) is 34.8 Å². The number of aromatic nitrogens is 1. The van der Waals surface area contributed by atoms with E-state index >= 15 is 0 Å². The number of alkyl halides is 3. The molecule has 10 nitrogen and oxygen atoms in total. The summed E-state index contributed by atoms with van der Waals surface area (Å²) in [6.07, 6.45) is -4.09. The number of oxazole rings is 1. The molecule has 1 N–H and O–H groups in total. The third-order valence-electron chi connectivity index (χ3n) is 6.15. The molecule has 1 aliphatic rings. The van der Waals surface area contributed by atoms with Crippen molar-refractivity contribution in [2.75, 3.05) is 39.5 Å². The molecular formula is C26H28F3N3O7S. The number of aryl methyl sites for hydroxylation is 1. The second-order valence-corrected chi connectivity index (χ2v) is 11.0. The second kappa shape index (κ2) is 12.4. The van der Waals surface area contributed by atoms with Gasteiger partial charge < -0.3 is 19.0 Å². The first kappa shape index (κ1) is 29.5. The Labute approximate surface area is 229 Å². The van der Waals surface area contributed by atoms with Gasteiger partial charge in [-0.15, -0.1) is 0 Å². The van der Waals surface area contributed by atoms with E-state index in [-0.39, 0.29) is 45.3 Å². The zero-order valence-electron chi connectivity index (χ0n) is 21.6. The van der Waals surface area contributed by atoms with Crippen LogP contribution in [0.3, 0.4) is 0 Å². The number of carboxylic acids is 1. The Morgan fingerprint density at radius 3 is 2.50 bits per heavy atom. The summed E-state index contributed by atoms with van der Waals surface area (Å²) in [7, 11) is -4.03. The van der Waals surface area contributed by atoms with Crippen LogP contribution < -0.4 is 4.74 Å². The van der Waals surface area contributed by atoms with Crippen LogP contribution in [-0.2, 0) is 38.9 Å². The molecule has 0 radical (unpaired) electrons. The summed E-state index contributed by atoms with van der Waals surface area (Å²) < 4.78 is 83.4. The van der Waals surface area contributed by atoms with Gasteiger partial charge in [0.1, 0.15) is 18.1 Å². The maximum Gasteiger partial charge on any atom is 0.416 e. The van der Waals surface area contributed by atoms with Crippen LogP contribution in [0.15, 0.2) is 52.9 Å². The van der Waals surface area contributed by atoms with Crippen molar-refractivity contribution in [2.45, 2.75) is 26.1 Å². The van der Waals surface area contributed by atoms with Crippen molar-refractivity contribution >= 4 is 16.2 Å². The van der Waals surface area contributed by atoms with Crippen molar-refractivity contribution in [3.8, 4) is 17.2 Å². The summed E-state index contributed by atoms with van der Waals surface area (Å²) in [5.74, 6) is -0.128. The summed E-state index contributed by atoms with van der Waals surface area (Å²) in [6.45, 7) is 1.78. The van der Waals surface area contributed by atoms with Gasteiger partial charge in [0.2, 0.25) is 5.89 Å². The van der Waals surface area contributed by atoms with E-state index in [9.17, 15) is 31.5 Å². The molecule has 0 aliphatic carbocycles. The van der Waals surface area contributed by atoms with Crippen molar-refractivity contribution in [1.82, 2.24) is 13.6 Å². The zero-order chi connectivity index (χ0) is 28.9. The molecule has 0 spiro atoms. The minimum absolute atomic E-state index is 0.143. The molecule has 0 saturated carbocycles. The number of aliphatic carboxylic acids is 1. The van der Waals surface area contributed by atoms with E-state index in [0.717, 1.165) is 16.4 Å². The molecule has 216 valence electrons. The Bertz CT molecular complexity index is 1420. The van der Waals surface area contributed by atoms with Crippen LogP contribution in [0.4, 0.5) is 13.2 Å². The molecule has 40 heavy (non-hydrogen) atoms. The van der Waals surface area contributed by atoms with Gasteiger partial charge in [0.25, 0.3) is 10.2 Å². The van der Waals surface area contributed by atoms with Gasteiger partial charge in [-0.3, -0.25) is 4.79 Å². The number of rotatable bonds is 11. The lowest BCUT2D eigenvalue weighted by Gasteiger charge is -2.31. The Kier molecular flexibility index (Phi) is 9.13. The van der Waals surface area contributed by atoms with Gasteiger partial charge in [0, 0.05) is 31.6 Å². The van der Waals surface area contributed by atoms with Crippen molar-refractivity contribution in [3.63, 3.8) is 0 Å². The number of ether oxygens (including phenoxy) is 2. The lowest BCUT2D eigenvalue weighted by molar-refractivity contribution is -0.138. The Balaban J connectivity index is 1.39. The van der Waals surface area contributed by atoms with E-state index in [1.54, 1.807) is 31.2 Å². The van der Waals surface area contributed by atoms with Crippen molar-refractivity contribution in [3.05, 3.63) is 71.1 Å². The maximum atomic E-state index is 13.1. The summed E-state index contributed by atoms with van der Waals surface area (Å²) in [6, 6.07) is 11.2. The molecule has 2 aromatic carbocycles. The number of hydrogen-bond donors (Lipinski definition) is 1. The zero-order valence-corrected chi connectivity index (χ0v) is 22.4. The van der Waals surface area contributed by atoms with Gasteiger partial charge in [-0.1, -0.05) is 12.1 Å². The highest BCUT2D eigenvalue weighted by Gasteiger charge is 2.33. The van der Waals surface area contributed by atoms with Gasteiger partial charge in [-0.25, -0.2) is 4.98 Å². The third-order valence-corrected chi connectivity index (χ3v) is 8.08. The average Bonchev–Trinajstić information content (AvgIpc) is 3.28. The van der Waals surface area contributed by atoms with E-state index in [2.05, 4.69) is 4.98 Å². The van der Waals surface area contributed by atoms with Crippen molar-refractivity contribution in [2.24, 2.45) is 0 Å². The average molecular weight is 584 g/mol. The first-order valence-electron chi connectivity index (χ1n) is 12.3. The Morgan fingerprint density at radius 2 is 1.85 bits per heavy atom. The molecule has 2 heterocycles. The van der Waals surface area contributed by atoms with Crippen molar-refractivity contribution in [1.29, 1.82) is 0 Å². The van der Waals surface area contributed by atoms with Gasteiger partial charge >= 0.3 is 12.1 Å². The van der Waals surface area contributed by atoms with Gasteiger partial charge in [0.15, 0.2) is 0 Å². The van der Waals surface area contributed by atoms with Crippen LogP contribution in [0.1, 0.15) is 22.6 Å². The molecule has 1 fully saturated rings. The Hall–Kier alpha value is -3.46. The van der Waals surface area contributed by atoms with Crippen LogP contribution >= 0.6 is 0 Å². The van der Waals surface area contributed by atoms with E-state index in [1.807, 2.05) is 0 Å². The van der Waals surface area contributed by atoms with Crippen LogP contribution in [0.5, 0.6) is 5.75 Å². The quantitative estimate of drug-likeness (QED) is 0.362. The lowest BCUT2D eigenvalue weighted by atomic mass is 10.1. The molecule has 0 bridgehead atoms. The lowest BCUT2D eigenvalue weighted by Crippen LogP contribution is -2.49. The summed E-state index contributed by atoms with van der Waals surface area (Å²) >= 11 is 0. The monoisotopic (exact) mass is 583 g/mol. The SMILES string of the molecule is Cc1oc(-c2ccc(C(F)(F)F)cc2)nc1CCOc1cccc(CN(CC(=O)O)S(=O)(=O)N2CCOCC2)c1.